The van der Waals surface area contributed by atoms with Crippen molar-refractivity contribution in [3.8, 4) is 0 Å². The summed E-state index contributed by atoms with van der Waals surface area (Å²) in [4.78, 5) is 27.6. The van der Waals surface area contributed by atoms with Crippen LogP contribution in [0.1, 0.15) is 41.1 Å². The van der Waals surface area contributed by atoms with Crippen molar-refractivity contribution in [3.05, 3.63) is 70.5 Å². The monoisotopic (exact) mass is 420 g/mol. The van der Waals surface area contributed by atoms with Crippen molar-refractivity contribution < 1.29 is 14.0 Å². The molecule has 0 unspecified atom stereocenters. The number of hydrogen-bond acceptors (Lipinski definition) is 3. The summed E-state index contributed by atoms with van der Waals surface area (Å²) >= 11 is 7.68. The minimum Gasteiger partial charge on any atom is -0.354 e. The summed E-state index contributed by atoms with van der Waals surface area (Å²) in [6.07, 6.45) is 1.84. The van der Waals surface area contributed by atoms with E-state index in [-0.39, 0.29) is 17.6 Å². The Morgan fingerprint density at radius 3 is 2.75 bits per heavy atom. The number of unbranched alkanes of at least 4 members (excludes halogenated alkanes) is 1. The number of rotatable bonds is 6. The van der Waals surface area contributed by atoms with Crippen LogP contribution in [0.2, 0.25) is 5.02 Å². The molecule has 0 aromatic heterocycles. The van der Waals surface area contributed by atoms with Crippen LogP contribution in [0.25, 0.3) is 0 Å². The number of thioether (sulfide) groups is 1. The van der Waals surface area contributed by atoms with Gasteiger partial charge >= 0.3 is 0 Å². The van der Waals surface area contributed by atoms with Crippen LogP contribution in [-0.4, -0.2) is 35.1 Å². The Morgan fingerprint density at radius 1 is 1.25 bits per heavy atom. The van der Waals surface area contributed by atoms with Gasteiger partial charge in [-0.2, -0.15) is 0 Å². The van der Waals surface area contributed by atoms with E-state index >= 15 is 0 Å². The van der Waals surface area contributed by atoms with Crippen molar-refractivity contribution >= 4 is 35.2 Å². The largest absolute Gasteiger partial charge is 0.354 e. The molecule has 28 heavy (non-hydrogen) atoms. The van der Waals surface area contributed by atoms with Gasteiger partial charge in [0.25, 0.3) is 5.91 Å². The lowest BCUT2D eigenvalue weighted by atomic mass is 10.1. The van der Waals surface area contributed by atoms with Gasteiger partial charge in [0.15, 0.2) is 0 Å². The molecular formula is C21H22ClFN2O2S. The number of nitrogens with zero attached hydrogens (tertiary/aromatic N) is 1. The molecule has 2 aromatic carbocycles. The molecule has 1 fully saturated rings. The van der Waals surface area contributed by atoms with E-state index in [0.717, 1.165) is 12.8 Å². The van der Waals surface area contributed by atoms with Gasteiger partial charge in [-0.05, 0) is 36.2 Å². The highest BCUT2D eigenvalue weighted by atomic mass is 35.5. The molecule has 148 valence electrons. The highest BCUT2D eigenvalue weighted by Gasteiger charge is 2.43. The predicted octanol–water partition coefficient (Wildman–Crippen LogP) is 4.65. The molecule has 1 N–H and O–H groups in total. The highest BCUT2D eigenvalue weighted by Crippen LogP contribution is 2.42. The molecule has 2 amide bonds. The van der Waals surface area contributed by atoms with Gasteiger partial charge < -0.3 is 10.2 Å². The normalized spacial score (nSPS) is 18.9. The fourth-order valence-corrected chi connectivity index (χ4v) is 4.79. The van der Waals surface area contributed by atoms with Crippen LogP contribution in [0.4, 0.5) is 4.39 Å². The Morgan fingerprint density at radius 2 is 2.04 bits per heavy atom. The van der Waals surface area contributed by atoms with Crippen LogP contribution in [-0.2, 0) is 4.79 Å². The molecule has 2 aromatic rings. The molecule has 0 spiro atoms. The van der Waals surface area contributed by atoms with Crippen molar-refractivity contribution in [1.29, 1.82) is 0 Å². The van der Waals surface area contributed by atoms with Crippen molar-refractivity contribution in [2.24, 2.45) is 0 Å². The number of benzene rings is 2. The summed E-state index contributed by atoms with van der Waals surface area (Å²) in [7, 11) is 0. The Kier molecular flexibility index (Phi) is 6.97. The molecule has 3 rings (SSSR count). The predicted molar refractivity (Wildman–Crippen MR) is 111 cm³/mol. The van der Waals surface area contributed by atoms with E-state index in [0.29, 0.717) is 28.4 Å². The standard InChI is InChI=1S/C21H22ClFN2O2S/c1-2-3-11-24-19(26)18-13-28-21(14-7-6-8-15(23)12-14)25(18)20(27)16-9-4-5-10-17(16)22/h4-10,12,18,21H,2-3,11,13H2,1H3,(H,24,26)/t18-,21-/m0/s1. The number of carbonyl (C=O) groups excluding carboxylic acids is 2. The Balaban J connectivity index is 1.93. The number of halogens is 2. The van der Waals surface area contributed by atoms with Crippen molar-refractivity contribution in [1.82, 2.24) is 10.2 Å². The quantitative estimate of drug-likeness (QED) is 0.692. The fraction of sp³-hybridized carbons (Fsp3) is 0.333. The summed E-state index contributed by atoms with van der Waals surface area (Å²) < 4.78 is 13.8. The van der Waals surface area contributed by atoms with Gasteiger partial charge in [0.2, 0.25) is 5.91 Å². The summed E-state index contributed by atoms with van der Waals surface area (Å²) in [5.41, 5.74) is 0.980. The zero-order valence-electron chi connectivity index (χ0n) is 15.5. The molecule has 1 heterocycles. The third kappa shape index (κ3) is 4.50. The first kappa shape index (κ1) is 20.7. The summed E-state index contributed by atoms with van der Waals surface area (Å²) in [6.45, 7) is 2.61. The van der Waals surface area contributed by atoms with Gasteiger partial charge in [-0.3, -0.25) is 9.59 Å². The number of carbonyl (C=O) groups is 2. The molecule has 1 aliphatic rings. The first-order valence-electron chi connectivity index (χ1n) is 9.25. The maximum Gasteiger partial charge on any atom is 0.257 e. The van der Waals surface area contributed by atoms with Crippen molar-refractivity contribution in [2.75, 3.05) is 12.3 Å². The first-order chi connectivity index (χ1) is 13.5. The number of amides is 2. The maximum absolute atomic E-state index is 13.8. The van der Waals surface area contributed by atoms with Crippen molar-refractivity contribution in [3.63, 3.8) is 0 Å². The van der Waals surface area contributed by atoms with E-state index in [4.69, 9.17) is 11.6 Å². The smallest absolute Gasteiger partial charge is 0.257 e. The molecule has 0 bridgehead atoms. The SMILES string of the molecule is CCCCNC(=O)[C@@H]1CS[C@@H](c2cccc(F)c2)N1C(=O)c1ccccc1Cl. The van der Waals surface area contributed by atoms with Crippen LogP contribution in [0.5, 0.6) is 0 Å². The Hall–Kier alpha value is -2.05. The van der Waals surface area contributed by atoms with E-state index in [1.54, 1.807) is 36.4 Å². The van der Waals surface area contributed by atoms with Crippen LogP contribution in [0.3, 0.4) is 0 Å². The lowest BCUT2D eigenvalue weighted by molar-refractivity contribution is -0.124. The molecule has 0 radical (unpaired) electrons. The average Bonchev–Trinajstić information content (AvgIpc) is 3.13. The Labute approximate surface area is 173 Å². The minimum atomic E-state index is -0.640. The van der Waals surface area contributed by atoms with Gasteiger partial charge in [0, 0.05) is 12.3 Å². The second kappa shape index (κ2) is 9.43. The molecule has 0 aliphatic carbocycles. The first-order valence-corrected chi connectivity index (χ1v) is 10.7. The van der Waals surface area contributed by atoms with Crippen LogP contribution in [0, 0.1) is 5.82 Å². The lowest BCUT2D eigenvalue weighted by Gasteiger charge is -2.29. The van der Waals surface area contributed by atoms with E-state index in [9.17, 15) is 14.0 Å². The molecular weight excluding hydrogens is 399 g/mol. The highest BCUT2D eigenvalue weighted by molar-refractivity contribution is 7.99. The zero-order chi connectivity index (χ0) is 20.1. The molecule has 4 nitrogen and oxygen atoms in total. The molecule has 1 aliphatic heterocycles. The van der Waals surface area contributed by atoms with Gasteiger partial charge in [-0.25, -0.2) is 4.39 Å². The van der Waals surface area contributed by atoms with Gasteiger partial charge in [-0.15, -0.1) is 11.8 Å². The second-order valence-electron chi connectivity index (χ2n) is 6.59. The van der Waals surface area contributed by atoms with E-state index < -0.39 is 11.4 Å². The third-order valence-electron chi connectivity index (χ3n) is 4.61. The zero-order valence-corrected chi connectivity index (χ0v) is 17.1. The van der Waals surface area contributed by atoms with E-state index in [1.165, 1.54) is 28.8 Å². The third-order valence-corrected chi connectivity index (χ3v) is 6.26. The van der Waals surface area contributed by atoms with Gasteiger partial charge in [-0.1, -0.05) is 49.2 Å². The van der Waals surface area contributed by atoms with Gasteiger partial charge in [0.05, 0.1) is 10.6 Å². The number of nitrogens with one attached hydrogen (secondary N) is 1. The summed E-state index contributed by atoms with van der Waals surface area (Å²) in [5.74, 6) is -0.463. The molecule has 1 saturated heterocycles. The fourth-order valence-electron chi connectivity index (χ4n) is 3.15. The molecule has 7 heteroatoms. The maximum atomic E-state index is 13.8. The van der Waals surface area contributed by atoms with Crippen LogP contribution < -0.4 is 5.32 Å². The van der Waals surface area contributed by atoms with Gasteiger partial charge in [0.1, 0.15) is 17.2 Å². The lowest BCUT2D eigenvalue weighted by Crippen LogP contribution is -2.48. The van der Waals surface area contributed by atoms with E-state index in [1.807, 2.05) is 6.92 Å². The second-order valence-corrected chi connectivity index (χ2v) is 8.11. The number of hydrogen-bond donors (Lipinski definition) is 1. The van der Waals surface area contributed by atoms with Crippen LogP contribution in [0.15, 0.2) is 48.5 Å². The van der Waals surface area contributed by atoms with Crippen molar-refractivity contribution in [2.45, 2.75) is 31.2 Å². The van der Waals surface area contributed by atoms with Crippen LogP contribution >= 0.6 is 23.4 Å². The Bertz CT molecular complexity index is 864. The topological polar surface area (TPSA) is 49.4 Å². The minimum absolute atomic E-state index is 0.194. The molecule has 0 saturated carbocycles. The van der Waals surface area contributed by atoms with E-state index in [2.05, 4.69) is 5.32 Å². The summed E-state index contributed by atoms with van der Waals surface area (Å²) in [6, 6.07) is 12.3. The summed E-state index contributed by atoms with van der Waals surface area (Å²) in [5, 5.41) is 2.78. The average molecular weight is 421 g/mol. The molecule has 2 atom stereocenters.